The summed E-state index contributed by atoms with van der Waals surface area (Å²) in [5.74, 6) is -0.404. The van der Waals surface area contributed by atoms with E-state index in [0.29, 0.717) is 5.56 Å². The molecule has 5 rings (SSSR count). The fourth-order valence-corrected chi connectivity index (χ4v) is 4.70. The van der Waals surface area contributed by atoms with Gasteiger partial charge in [-0.2, -0.15) is 0 Å². The molecule has 3 nitrogen and oxygen atoms in total. The predicted molar refractivity (Wildman–Crippen MR) is 133 cm³/mol. The number of unbranched alkanes of at least 4 members (excludes halogenated alkanes) is 1. The second-order valence-corrected chi connectivity index (χ2v) is 8.71. The number of carbonyl (C=O) groups excluding carboxylic acids is 1. The molecule has 3 heteroatoms. The van der Waals surface area contributed by atoms with Crippen LogP contribution in [0.3, 0.4) is 0 Å². The van der Waals surface area contributed by atoms with Crippen molar-refractivity contribution in [3.8, 4) is 0 Å². The zero-order valence-corrected chi connectivity index (χ0v) is 18.6. The molecule has 0 bridgehead atoms. The van der Waals surface area contributed by atoms with Crippen LogP contribution in [0.15, 0.2) is 66.7 Å². The number of primary amides is 1. The Bertz CT molecular complexity index is 1480. The molecule has 0 saturated heterocycles. The van der Waals surface area contributed by atoms with E-state index in [1.165, 1.54) is 27.5 Å². The Morgan fingerprint density at radius 1 is 0.969 bits per heavy atom. The van der Waals surface area contributed by atoms with Crippen LogP contribution in [-0.2, 0) is 13.0 Å². The van der Waals surface area contributed by atoms with Gasteiger partial charge in [-0.1, -0.05) is 61.4 Å². The maximum Gasteiger partial charge on any atom is 0.249 e. The average Bonchev–Trinajstić information content (AvgIpc) is 3.10. The first kappa shape index (κ1) is 20.3. The molecule has 5 aromatic rings. The third kappa shape index (κ3) is 3.54. The fraction of sp³-hybridized carbons (Fsp3) is 0.207. The smallest absolute Gasteiger partial charge is 0.249 e. The van der Waals surface area contributed by atoms with Crippen molar-refractivity contribution in [1.82, 2.24) is 4.57 Å². The Morgan fingerprint density at radius 3 is 2.59 bits per heavy atom. The molecule has 0 atom stereocenters. The van der Waals surface area contributed by atoms with Gasteiger partial charge in [-0.05, 0) is 72.0 Å². The van der Waals surface area contributed by atoms with Gasteiger partial charge in [-0.3, -0.25) is 4.79 Å². The molecule has 0 fully saturated rings. The van der Waals surface area contributed by atoms with Crippen LogP contribution in [0, 0.1) is 13.0 Å². The van der Waals surface area contributed by atoms with Gasteiger partial charge in [0, 0.05) is 22.9 Å². The minimum absolute atomic E-state index is 0.404. The van der Waals surface area contributed by atoms with Crippen LogP contribution in [0.25, 0.3) is 32.6 Å². The van der Waals surface area contributed by atoms with E-state index in [4.69, 9.17) is 5.73 Å². The van der Waals surface area contributed by atoms with Gasteiger partial charge < -0.3 is 10.3 Å². The topological polar surface area (TPSA) is 48.0 Å². The Hall–Kier alpha value is -3.59. The van der Waals surface area contributed by atoms with Crippen molar-refractivity contribution in [2.45, 2.75) is 39.7 Å². The van der Waals surface area contributed by atoms with Crippen molar-refractivity contribution >= 4 is 38.5 Å². The van der Waals surface area contributed by atoms with Gasteiger partial charge in [0.1, 0.15) is 0 Å². The molecule has 1 aromatic heterocycles. The number of hydrogen-bond acceptors (Lipinski definition) is 1. The molecule has 0 spiro atoms. The van der Waals surface area contributed by atoms with E-state index in [-0.39, 0.29) is 0 Å². The molecule has 1 radical (unpaired) electrons. The van der Waals surface area contributed by atoms with Gasteiger partial charge >= 0.3 is 0 Å². The van der Waals surface area contributed by atoms with Crippen LogP contribution in [0.4, 0.5) is 0 Å². The highest BCUT2D eigenvalue weighted by Crippen LogP contribution is 2.33. The number of fused-ring (bicyclic) bond motifs is 4. The molecule has 1 heterocycles. The summed E-state index contributed by atoms with van der Waals surface area (Å²) < 4.78 is 2.30. The van der Waals surface area contributed by atoms with E-state index in [1.54, 1.807) is 0 Å². The summed E-state index contributed by atoms with van der Waals surface area (Å²) in [6, 6.07) is 26.8. The molecule has 1 amide bonds. The van der Waals surface area contributed by atoms with Gasteiger partial charge in [-0.15, -0.1) is 0 Å². The zero-order chi connectivity index (χ0) is 22.2. The summed E-state index contributed by atoms with van der Waals surface area (Å²) in [5, 5.41) is 4.35. The van der Waals surface area contributed by atoms with Gasteiger partial charge in [0.25, 0.3) is 0 Å². The summed E-state index contributed by atoms with van der Waals surface area (Å²) in [6.45, 7) is 5.05. The van der Waals surface area contributed by atoms with Gasteiger partial charge in [0.15, 0.2) is 0 Å². The number of benzene rings is 4. The lowest BCUT2D eigenvalue weighted by Gasteiger charge is -2.10. The summed E-state index contributed by atoms with van der Waals surface area (Å²) in [6.07, 6.45) is 3.34. The molecule has 0 aliphatic rings. The largest absolute Gasteiger partial charge is 0.366 e. The van der Waals surface area contributed by atoms with E-state index in [0.717, 1.165) is 47.6 Å². The Morgan fingerprint density at radius 2 is 1.78 bits per heavy atom. The first-order valence-electron chi connectivity index (χ1n) is 11.3. The summed E-state index contributed by atoms with van der Waals surface area (Å²) in [7, 11) is 0. The van der Waals surface area contributed by atoms with Crippen LogP contribution >= 0.6 is 0 Å². The van der Waals surface area contributed by atoms with Crippen LogP contribution in [0.1, 0.15) is 46.8 Å². The lowest BCUT2D eigenvalue weighted by atomic mass is 10.0. The van der Waals surface area contributed by atoms with Crippen LogP contribution in [0.2, 0.25) is 0 Å². The Kier molecular flexibility index (Phi) is 5.18. The van der Waals surface area contributed by atoms with Crippen molar-refractivity contribution in [2.24, 2.45) is 5.73 Å². The first-order valence-corrected chi connectivity index (χ1v) is 11.3. The Balaban J connectivity index is 1.71. The van der Waals surface area contributed by atoms with E-state index in [1.807, 2.05) is 12.1 Å². The lowest BCUT2D eigenvalue weighted by Crippen LogP contribution is -2.11. The number of aryl methyl sites for hydroxylation is 2. The van der Waals surface area contributed by atoms with E-state index < -0.39 is 5.91 Å². The molecule has 159 valence electrons. The lowest BCUT2D eigenvalue weighted by molar-refractivity contribution is 0.100. The molecule has 0 unspecified atom stereocenters. The minimum atomic E-state index is -0.404. The highest BCUT2D eigenvalue weighted by atomic mass is 16.1. The molecule has 0 aliphatic carbocycles. The highest BCUT2D eigenvalue weighted by molar-refractivity contribution is 6.17. The monoisotopic (exact) mass is 419 g/mol. The molecule has 2 N–H and O–H groups in total. The van der Waals surface area contributed by atoms with E-state index in [9.17, 15) is 4.79 Å². The standard InChI is InChI=1S/C29H27N2O/c1-3-4-6-20-11-14-24-27(17-20)31(26-8-5-7-25(28(24)26)29(30)32)18-21-10-13-22-15-19(2)9-12-23(22)16-21/h5,7-13,15-17H,3-4,6,18H2,1-2H3,(H2,30,32). The number of carbonyl (C=O) groups is 1. The summed E-state index contributed by atoms with van der Waals surface area (Å²) in [4.78, 5) is 12.2. The Labute approximate surface area is 188 Å². The number of nitrogens with two attached hydrogens (primary N) is 1. The minimum Gasteiger partial charge on any atom is -0.366 e. The number of amides is 1. The number of nitrogens with zero attached hydrogens (tertiary/aromatic N) is 1. The summed E-state index contributed by atoms with van der Waals surface area (Å²) >= 11 is 0. The maximum atomic E-state index is 12.2. The fourth-order valence-electron chi connectivity index (χ4n) is 4.70. The molecule has 0 aliphatic heterocycles. The van der Waals surface area contributed by atoms with Crippen LogP contribution in [0.5, 0.6) is 0 Å². The van der Waals surface area contributed by atoms with Crippen molar-refractivity contribution in [3.05, 3.63) is 95.1 Å². The molecule has 32 heavy (non-hydrogen) atoms. The van der Waals surface area contributed by atoms with Gasteiger partial charge in [0.05, 0.1) is 11.0 Å². The molecule has 4 aromatic carbocycles. The van der Waals surface area contributed by atoms with E-state index in [2.05, 4.69) is 79.1 Å². The normalized spacial score (nSPS) is 11.6. The number of rotatable bonds is 6. The zero-order valence-electron chi connectivity index (χ0n) is 18.6. The third-order valence-electron chi connectivity index (χ3n) is 6.34. The van der Waals surface area contributed by atoms with Crippen molar-refractivity contribution in [3.63, 3.8) is 0 Å². The quantitative estimate of drug-likeness (QED) is 0.333. The SMILES string of the molecule is CCCCc1c[c]c2c3c(C(N)=O)cccc3n(Cc3ccc4cc(C)ccc4c3)c2c1. The van der Waals surface area contributed by atoms with Crippen molar-refractivity contribution in [2.75, 3.05) is 0 Å². The van der Waals surface area contributed by atoms with Gasteiger partial charge in [0.2, 0.25) is 5.91 Å². The first-order chi connectivity index (χ1) is 15.5. The summed E-state index contributed by atoms with van der Waals surface area (Å²) in [5.41, 5.74) is 12.2. The highest BCUT2D eigenvalue weighted by Gasteiger charge is 2.17. The van der Waals surface area contributed by atoms with Crippen molar-refractivity contribution < 1.29 is 4.79 Å². The van der Waals surface area contributed by atoms with Crippen molar-refractivity contribution in [1.29, 1.82) is 0 Å². The molecular formula is C29H27N2O. The molecular weight excluding hydrogens is 392 g/mol. The number of hydrogen-bond donors (Lipinski definition) is 1. The second-order valence-electron chi connectivity index (χ2n) is 8.71. The molecule has 0 saturated carbocycles. The van der Waals surface area contributed by atoms with E-state index >= 15 is 0 Å². The van der Waals surface area contributed by atoms with Crippen LogP contribution in [-0.4, -0.2) is 10.5 Å². The third-order valence-corrected chi connectivity index (χ3v) is 6.34. The number of aromatic nitrogens is 1. The second kappa shape index (κ2) is 8.16. The average molecular weight is 420 g/mol. The van der Waals surface area contributed by atoms with Crippen LogP contribution < -0.4 is 5.73 Å². The maximum absolute atomic E-state index is 12.2. The predicted octanol–water partition coefficient (Wildman–Crippen LogP) is 6.55. The van der Waals surface area contributed by atoms with Gasteiger partial charge in [-0.25, -0.2) is 0 Å².